The molecule has 4 rings (SSSR count). The SMILES string of the molecule is C[C@@H]1CN([C@@H](C)CO)C(=O)c2cc(NS(=O)(=O)c3ccccc3)ccc2O[C@@H](C)CCCCO[C@@H]1CN(C)S(=O)(=O)c1ccc(Cl)cc1. The quantitative estimate of drug-likeness (QED) is 0.305. The lowest BCUT2D eigenvalue weighted by Crippen LogP contribution is -2.48. The van der Waals surface area contributed by atoms with E-state index in [9.17, 15) is 26.7 Å². The number of fused-ring (bicyclic) bond motifs is 1. The molecule has 2 N–H and O–H groups in total. The van der Waals surface area contributed by atoms with E-state index in [4.69, 9.17) is 21.1 Å². The standard InChI is InChI=1S/C34H44ClN3O8S2/c1-24-21-38(25(2)23-39)34(40)31-20-28(36-47(41,42)29-11-6-5-7-12-29)15-18-32(31)46-26(3)10-8-9-19-45-33(24)22-37(4)48(43,44)30-16-13-27(35)14-17-30/h5-7,11-18,20,24-26,33,36,39H,8-10,19,21-23H2,1-4H3/t24-,25+,26+,33-/m1/s1. The number of carbonyl (C=O) groups excluding carboxylic acids is 1. The van der Waals surface area contributed by atoms with Crippen LogP contribution in [0.25, 0.3) is 0 Å². The molecule has 48 heavy (non-hydrogen) atoms. The highest BCUT2D eigenvalue weighted by Gasteiger charge is 2.32. The van der Waals surface area contributed by atoms with Gasteiger partial charge in [-0.1, -0.05) is 36.7 Å². The molecule has 0 fully saturated rings. The number of anilines is 1. The molecule has 1 heterocycles. The van der Waals surface area contributed by atoms with Crippen molar-refractivity contribution in [3.05, 3.63) is 83.4 Å². The first-order valence-electron chi connectivity index (χ1n) is 15.9. The van der Waals surface area contributed by atoms with Gasteiger partial charge in [-0.2, -0.15) is 4.31 Å². The first-order valence-corrected chi connectivity index (χ1v) is 19.2. The first kappa shape index (κ1) is 37.6. The Labute approximate surface area is 288 Å². The Morgan fingerprint density at radius 2 is 1.69 bits per heavy atom. The topological polar surface area (TPSA) is 143 Å². The van der Waals surface area contributed by atoms with Crippen LogP contribution in [0.3, 0.4) is 0 Å². The van der Waals surface area contributed by atoms with Gasteiger partial charge in [0.15, 0.2) is 0 Å². The van der Waals surface area contributed by atoms with Crippen LogP contribution in [0, 0.1) is 5.92 Å². The summed E-state index contributed by atoms with van der Waals surface area (Å²) in [5.41, 5.74) is 0.294. The van der Waals surface area contributed by atoms with Crippen LogP contribution in [-0.2, 0) is 24.8 Å². The summed E-state index contributed by atoms with van der Waals surface area (Å²) in [6.07, 6.45) is 1.24. The van der Waals surface area contributed by atoms with Crippen molar-refractivity contribution in [3.63, 3.8) is 0 Å². The number of carbonyl (C=O) groups is 1. The summed E-state index contributed by atoms with van der Waals surface area (Å²) in [4.78, 5) is 16.0. The molecule has 0 saturated carbocycles. The van der Waals surface area contributed by atoms with Crippen LogP contribution in [-0.4, -0.2) is 88.7 Å². The molecule has 1 aliphatic rings. The molecule has 1 amide bonds. The minimum atomic E-state index is -3.95. The van der Waals surface area contributed by atoms with Gasteiger partial charge in [0, 0.05) is 43.4 Å². The molecule has 0 radical (unpaired) electrons. The van der Waals surface area contributed by atoms with Gasteiger partial charge in [0.2, 0.25) is 10.0 Å². The monoisotopic (exact) mass is 721 g/mol. The molecule has 0 unspecified atom stereocenters. The number of nitrogens with zero attached hydrogens (tertiary/aromatic N) is 2. The summed E-state index contributed by atoms with van der Waals surface area (Å²) < 4.78 is 69.3. The summed E-state index contributed by atoms with van der Waals surface area (Å²) in [6, 6.07) is 17.8. The number of nitrogens with one attached hydrogen (secondary N) is 1. The van der Waals surface area contributed by atoms with Gasteiger partial charge in [-0.25, -0.2) is 16.8 Å². The van der Waals surface area contributed by atoms with E-state index in [-0.39, 0.29) is 58.5 Å². The van der Waals surface area contributed by atoms with E-state index in [1.54, 1.807) is 37.3 Å². The molecule has 0 aliphatic carbocycles. The van der Waals surface area contributed by atoms with Crippen LogP contribution in [0.5, 0.6) is 5.75 Å². The number of hydrogen-bond acceptors (Lipinski definition) is 8. The van der Waals surface area contributed by atoms with Crippen molar-refractivity contribution in [3.8, 4) is 5.75 Å². The average molecular weight is 722 g/mol. The fraction of sp³-hybridized carbons (Fsp3) is 0.441. The van der Waals surface area contributed by atoms with E-state index < -0.39 is 38.1 Å². The predicted molar refractivity (Wildman–Crippen MR) is 185 cm³/mol. The van der Waals surface area contributed by atoms with E-state index in [0.29, 0.717) is 24.5 Å². The Kier molecular flexibility index (Phi) is 12.9. The van der Waals surface area contributed by atoms with Crippen LogP contribution in [0.4, 0.5) is 5.69 Å². The maximum absolute atomic E-state index is 14.3. The molecule has 3 aromatic carbocycles. The molecule has 11 nitrogen and oxygen atoms in total. The fourth-order valence-electron chi connectivity index (χ4n) is 5.40. The predicted octanol–water partition coefficient (Wildman–Crippen LogP) is 5.26. The number of likely N-dealkylation sites (N-methyl/N-ethyl adjacent to an activating group) is 1. The zero-order valence-corrected chi connectivity index (χ0v) is 30.0. The molecule has 0 spiro atoms. The number of ether oxygens (including phenoxy) is 2. The second-order valence-electron chi connectivity index (χ2n) is 12.2. The summed E-state index contributed by atoms with van der Waals surface area (Å²) in [5, 5.41) is 10.6. The van der Waals surface area contributed by atoms with Gasteiger partial charge in [0.25, 0.3) is 15.9 Å². The van der Waals surface area contributed by atoms with Crippen molar-refractivity contribution in [2.24, 2.45) is 5.92 Å². The highest BCUT2D eigenvalue weighted by atomic mass is 35.5. The second-order valence-corrected chi connectivity index (χ2v) is 16.3. The summed E-state index contributed by atoms with van der Waals surface area (Å²) in [6.45, 7) is 5.61. The Morgan fingerprint density at radius 1 is 1.00 bits per heavy atom. The van der Waals surface area contributed by atoms with Gasteiger partial charge in [-0.05, 0) is 87.7 Å². The molecule has 262 valence electrons. The lowest BCUT2D eigenvalue weighted by molar-refractivity contribution is -0.00833. The Bertz CT molecular complexity index is 1740. The number of benzene rings is 3. The van der Waals surface area contributed by atoms with E-state index >= 15 is 0 Å². The summed E-state index contributed by atoms with van der Waals surface area (Å²) in [5.74, 6) is -0.572. The van der Waals surface area contributed by atoms with E-state index in [0.717, 1.165) is 6.42 Å². The van der Waals surface area contributed by atoms with Crippen molar-refractivity contribution < 1.29 is 36.2 Å². The molecule has 3 aromatic rings. The highest BCUT2D eigenvalue weighted by molar-refractivity contribution is 7.92. The molecule has 1 aliphatic heterocycles. The summed E-state index contributed by atoms with van der Waals surface area (Å²) in [7, 11) is -6.33. The second kappa shape index (κ2) is 16.5. The minimum Gasteiger partial charge on any atom is -0.490 e. The zero-order chi connectivity index (χ0) is 35.1. The van der Waals surface area contributed by atoms with Gasteiger partial charge in [0.05, 0.1) is 40.2 Å². The number of amides is 1. The van der Waals surface area contributed by atoms with Crippen LogP contribution >= 0.6 is 11.6 Å². The molecule has 0 saturated heterocycles. The van der Waals surface area contributed by atoms with Crippen molar-refractivity contribution in [1.29, 1.82) is 0 Å². The maximum Gasteiger partial charge on any atom is 0.261 e. The number of aliphatic hydroxyl groups is 1. The lowest BCUT2D eigenvalue weighted by atomic mass is 10.0. The van der Waals surface area contributed by atoms with Crippen molar-refractivity contribution in [2.75, 3.05) is 38.1 Å². The van der Waals surface area contributed by atoms with Crippen LogP contribution in [0.2, 0.25) is 5.02 Å². The van der Waals surface area contributed by atoms with Crippen LogP contribution in [0.1, 0.15) is 50.4 Å². The van der Waals surface area contributed by atoms with Gasteiger partial charge in [0.1, 0.15) is 5.75 Å². The molecule has 0 bridgehead atoms. The highest BCUT2D eigenvalue weighted by Crippen LogP contribution is 2.30. The van der Waals surface area contributed by atoms with Crippen LogP contribution in [0.15, 0.2) is 82.6 Å². The third-order valence-corrected chi connectivity index (χ3v) is 11.8. The number of hydrogen-bond donors (Lipinski definition) is 2. The Balaban J connectivity index is 1.67. The fourth-order valence-corrected chi connectivity index (χ4v) is 7.78. The molecular formula is C34H44ClN3O8S2. The van der Waals surface area contributed by atoms with Gasteiger partial charge in [-0.15, -0.1) is 0 Å². The molecule has 14 heteroatoms. The summed E-state index contributed by atoms with van der Waals surface area (Å²) >= 11 is 5.97. The zero-order valence-electron chi connectivity index (χ0n) is 27.6. The largest absolute Gasteiger partial charge is 0.490 e. The minimum absolute atomic E-state index is 0.0170. The molecule has 4 atom stereocenters. The Hall–Kier alpha value is -3.20. The molecule has 0 aromatic heterocycles. The van der Waals surface area contributed by atoms with Gasteiger partial charge in [-0.3, -0.25) is 9.52 Å². The lowest BCUT2D eigenvalue weighted by Gasteiger charge is -2.35. The molecular weight excluding hydrogens is 678 g/mol. The van der Waals surface area contributed by atoms with Crippen molar-refractivity contribution >= 4 is 43.2 Å². The van der Waals surface area contributed by atoms with Crippen LogP contribution < -0.4 is 9.46 Å². The average Bonchev–Trinajstić information content (AvgIpc) is 3.06. The van der Waals surface area contributed by atoms with E-state index in [1.807, 2.05) is 13.8 Å². The van der Waals surface area contributed by atoms with Crippen molar-refractivity contribution in [2.45, 2.75) is 68.1 Å². The van der Waals surface area contributed by atoms with Crippen molar-refractivity contribution in [1.82, 2.24) is 9.21 Å². The smallest absolute Gasteiger partial charge is 0.261 e. The number of aliphatic hydroxyl groups excluding tert-OH is 1. The first-order chi connectivity index (χ1) is 22.7. The van der Waals surface area contributed by atoms with E-state index in [1.165, 1.54) is 58.7 Å². The van der Waals surface area contributed by atoms with Gasteiger partial charge >= 0.3 is 0 Å². The van der Waals surface area contributed by atoms with Gasteiger partial charge < -0.3 is 19.5 Å². The maximum atomic E-state index is 14.3. The van der Waals surface area contributed by atoms with E-state index in [2.05, 4.69) is 4.72 Å². The number of rotatable bonds is 9. The normalized spacial score (nSPS) is 20.8. The third-order valence-electron chi connectivity index (χ3n) is 8.32. The third kappa shape index (κ3) is 9.48. The number of sulfonamides is 2. The Morgan fingerprint density at radius 3 is 2.35 bits per heavy atom. The number of halogens is 1.